The fraction of sp³-hybridized carbons (Fsp3) is 0.600. The molecule has 1 heterocycles. The highest BCUT2D eigenvalue weighted by Crippen LogP contribution is 2.21. The average Bonchev–Trinajstić information content (AvgIpc) is 2.52. The molecule has 1 atom stereocenters. The molecular weight excluding hydrogens is 224 g/mol. The number of thiazole rings is 1. The third-order valence-electron chi connectivity index (χ3n) is 2.22. The van der Waals surface area contributed by atoms with E-state index in [1.807, 2.05) is 6.92 Å². The summed E-state index contributed by atoms with van der Waals surface area (Å²) in [5.41, 5.74) is 6.04. The minimum atomic E-state index is -0.491. The van der Waals surface area contributed by atoms with E-state index in [0.29, 0.717) is 13.1 Å². The Morgan fingerprint density at radius 3 is 2.69 bits per heavy atom. The van der Waals surface area contributed by atoms with Crippen LogP contribution in [0.2, 0.25) is 0 Å². The topological polar surface area (TPSA) is 80.0 Å². The molecule has 0 aliphatic rings. The lowest BCUT2D eigenvalue weighted by Crippen LogP contribution is -2.36. The number of nitrogens with one attached hydrogen (secondary N) is 2. The van der Waals surface area contributed by atoms with E-state index >= 15 is 0 Å². The van der Waals surface area contributed by atoms with Gasteiger partial charge in [0.25, 0.3) is 0 Å². The molecule has 5 nitrogen and oxygen atoms in total. The zero-order chi connectivity index (χ0) is 12.1. The predicted octanol–water partition coefficient (Wildman–Crippen LogP) is 1.08. The number of carbonyl (C=O) groups is 1. The third-order valence-corrected chi connectivity index (χ3v) is 3.13. The van der Waals surface area contributed by atoms with Crippen molar-refractivity contribution >= 4 is 17.4 Å². The van der Waals surface area contributed by atoms with Crippen molar-refractivity contribution < 1.29 is 4.79 Å². The van der Waals surface area contributed by atoms with E-state index in [4.69, 9.17) is 5.73 Å². The van der Waals surface area contributed by atoms with E-state index in [0.717, 1.165) is 10.7 Å². The first-order valence-corrected chi connectivity index (χ1v) is 6.03. The van der Waals surface area contributed by atoms with Gasteiger partial charge in [0.1, 0.15) is 0 Å². The SMILES string of the molecule is Cc1nc(C(C)NCCNC(N)=O)c(C)s1. The summed E-state index contributed by atoms with van der Waals surface area (Å²) in [5, 5.41) is 6.89. The number of nitrogens with two attached hydrogens (primary N) is 1. The molecule has 16 heavy (non-hydrogen) atoms. The maximum atomic E-state index is 10.4. The van der Waals surface area contributed by atoms with Crippen molar-refractivity contribution in [3.8, 4) is 0 Å². The van der Waals surface area contributed by atoms with Crippen LogP contribution in [0.5, 0.6) is 0 Å². The number of nitrogens with zero attached hydrogens (tertiary/aromatic N) is 1. The molecule has 1 aromatic rings. The smallest absolute Gasteiger partial charge is 0.312 e. The number of rotatable bonds is 5. The monoisotopic (exact) mass is 242 g/mol. The number of aromatic nitrogens is 1. The number of carbonyl (C=O) groups excluding carboxylic acids is 1. The number of amides is 2. The van der Waals surface area contributed by atoms with Crippen LogP contribution in [0, 0.1) is 13.8 Å². The van der Waals surface area contributed by atoms with E-state index in [9.17, 15) is 4.79 Å². The number of urea groups is 1. The van der Waals surface area contributed by atoms with Gasteiger partial charge >= 0.3 is 6.03 Å². The van der Waals surface area contributed by atoms with Gasteiger partial charge in [0.2, 0.25) is 0 Å². The first kappa shape index (κ1) is 12.9. The van der Waals surface area contributed by atoms with Gasteiger partial charge < -0.3 is 16.4 Å². The van der Waals surface area contributed by atoms with Crippen LogP contribution in [0.4, 0.5) is 4.79 Å². The standard InChI is InChI=1S/C10H18N4OS/c1-6(12-4-5-13-10(11)15)9-7(2)16-8(3)14-9/h6,12H,4-5H2,1-3H3,(H3,11,13,15). The highest BCUT2D eigenvalue weighted by Gasteiger charge is 2.11. The van der Waals surface area contributed by atoms with Crippen LogP contribution < -0.4 is 16.4 Å². The Labute approximate surface area is 99.4 Å². The summed E-state index contributed by atoms with van der Waals surface area (Å²) in [6, 6.07) is -0.297. The van der Waals surface area contributed by atoms with Gasteiger partial charge in [-0.25, -0.2) is 9.78 Å². The van der Waals surface area contributed by atoms with Gasteiger partial charge in [-0.2, -0.15) is 0 Å². The minimum Gasteiger partial charge on any atom is -0.352 e. The first-order valence-electron chi connectivity index (χ1n) is 5.21. The van der Waals surface area contributed by atoms with Gasteiger partial charge in [0.05, 0.1) is 10.7 Å². The van der Waals surface area contributed by atoms with Crippen LogP contribution in [-0.4, -0.2) is 24.1 Å². The highest BCUT2D eigenvalue weighted by atomic mass is 32.1. The lowest BCUT2D eigenvalue weighted by atomic mass is 10.2. The normalized spacial score (nSPS) is 12.4. The number of hydrogen-bond acceptors (Lipinski definition) is 4. The van der Waals surface area contributed by atoms with Gasteiger partial charge in [-0.05, 0) is 20.8 Å². The van der Waals surface area contributed by atoms with Crippen LogP contribution in [0.25, 0.3) is 0 Å². The molecule has 0 spiro atoms. The molecule has 4 N–H and O–H groups in total. The largest absolute Gasteiger partial charge is 0.352 e. The second-order valence-electron chi connectivity index (χ2n) is 3.64. The molecule has 1 aromatic heterocycles. The number of primary amides is 1. The Balaban J connectivity index is 2.38. The summed E-state index contributed by atoms with van der Waals surface area (Å²) in [5.74, 6) is 0. The van der Waals surface area contributed by atoms with E-state index in [-0.39, 0.29) is 6.04 Å². The van der Waals surface area contributed by atoms with Crippen LogP contribution >= 0.6 is 11.3 Å². The summed E-state index contributed by atoms with van der Waals surface area (Å²) < 4.78 is 0. The van der Waals surface area contributed by atoms with Crippen molar-refractivity contribution in [2.24, 2.45) is 5.73 Å². The fourth-order valence-corrected chi connectivity index (χ4v) is 2.43. The maximum absolute atomic E-state index is 10.4. The van der Waals surface area contributed by atoms with Crippen molar-refractivity contribution in [3.05, 3.63) is 15.6 Å². The lowest BCUT2D eigenvalue weighted by molar-refractivity contribution is 0.249. The predicted molar refractivity (Wildman–Crippen MR) is 65.6 cm³/mol. The highest BCUT2D eigenvalue weighted by molar-refractivity contribution is 7.11. The molecule has 0 saturated heterocycles. The number of hydrogen-bond donors (Lipinski definition) is 3. The molecule has 1 unspecified atom stereocenters. The second kappa shape index (κ2) is 5.81. The minimum absolute atomic E-state index is 0.194. The molecule has 0 aliphatic heterocycles. The van der Waals surface area contributed by atoms with Crippen LogP contribution in [-0.2, 0) is 0 Å². The van der Waals surface area contributed by atoms with Crippen LogP contribution in [0.3, 0.4) is 0 Å². The first-order chi connectivity index (χ1) is 7.50. The molecule has 90 valence electrons. The van der Waals surface area contributed by atoms with Gasteiger partial charge in [0.15, 0.2) is 0 Å². The van der Waals surface area contributed by atoms with Crippen molar-refractivity contribution in [1.82, 2.24) is 15.6 Å². The van der Waals surface area contributed by atoms with Gasteiger partial charge in [-0.15, -0.1) is 11.3 Å². The maximum Gasteiger partial charge on any atom is 0.312 e. The molecule has 0 fully saturated rings. The van der Waals surface area contributed by atoms with E-state index in [1.165, 1.54) is 4.88 Å². The van der Waals surface area contributed by atoms with E-state index < -0.39 is 6.03 Å². The van der Waals surface area contributed by atoms with Crippen LogP contribution in [0.1, 0.15) is 28.5 Å². The summed E-state index contributed by atoms with van der Waals surface area (Å²) in [6.45, 7) is 7.34. The molecule has 1 rings (SSSR count). The van der Waals surface area contributed by atoms with Crippen molar-refractivity contribution in [2.75, 3.05) is 13.1 Å². The van der Waals surface area contributed by atoms with Gasteiger partial charge in [-0.1, -0.05) is 0 Å². The Morgan fingerprint density at radius 1 is 1.50 bits per heavy atom. The van der Waals surface area contributed by atoms with Crippen molar-refractivity contribution in [1.29, 1.82) is 0 Å². The Kier molecular flexibility index (Phi) is 4.70. The molecule has 0 bridgehead atoms. The Hall–Kier alpha value is -1.14. The van der Waals surface area contributed by atoms with Gasteiger partial charge in [0, 0.05) is 24.0 Å². The zero-order valence-corrected chi connectivity index (χ0v) is 10.6. The van der Waals surface area contributed by atoms with Gasteiger partial charge in [-0.3, -0.25) is 0 Å². The molecule has 6 heteroatoms. The zero-order valence-electron chi connectivity index (χ0n) is 9.83. The van der Waals surface area contributed by atoms with E-state index in [2.05, 4.69) is 29.5 Å². The van der Waals surface area contributed by atoms with Crippen LogP contribution in [0.15, 0.2) is 0 Å². The fourth-order valence-electron chi connectivity index (χ4n) is 1.52. The van der Waals surface area contributed by atoms with Crippen molar-refractivity contribution in [3.63, 3.8) is 0 Å². The molecule has 0 radical (unpaired) electrons. The summed E-state index contributed by atoms with van der Waals surface area (Å²) in [6.07, 6.45) is 0. The van der Waals surface area contributed by atoms with E-state index in [1.54, 1.807) is 11.3 Å². The Morgan fingerprint density at radius 2 is 2.19 bits per heavy atom. The van der Waals surface area contributed by atoms with Crippen molar-refractivity contribution in [2.45, 2.75) is 26.8 Å². The Bertz CT molecular complexity index is 364. The molecule has 0 saturated carbocycles. The molecule has 2 amide bonds. The third kappa shape index (κ3) is 3.79. The summed E-state index contributed by atoms with van der Waals surface area (Å²) in [4.78, 5) is 16.1. The quantitative estimate of drug-likeness (QED) is 0.676. The summed E-state index contributed by atoms with van der Waals surface area (Å²) in [7, 11) is 0. The molecular formula is C10H18N4OS. The average molecular weight is 242 g/mol. The second-order valence-corrected chi connectivity index (χ2v) is 5.05. The summed E-state index contributed by atoms with van der Waals surface area (Å²) >= 11 is 1.70. The number of aryl methyl sites for hydroxylation is 2. The molecule has 0 aliphatic carbocycles. The molecule has 0 aromatic carbocycles. The lowest BCUT2D eigenvalue weighted by Gasteiger charge is -2.12.